The molecule has 0 N–H and O–H groups in total. The Morgan fingerprint density at radius 3 is 2.37 bits per heavy atom. The van der Waals surface area contributed by atoms with Crippen molar-refractivity contribution in [2.45, 2.75) is 45.4 Å². The quantitative estimate of drug-likeness (QED) is 0.592. The first-order valence-corrected chi connectivity index (χ1v) is 10.2. The third kappa shape index (κ3) is 4.67. The number of nitrogens with zero attached hydrogens (tertiary/aromatic N) is 1. The molecule has 0 fully saturated rings. The van der Waals surface area contributed by atoms with E-state index < -0.39 is 0 Å². The van der Waals surface area contributed by atoms with E-state index in [0.29, 0.717) is 18.9 Å². The molecular formula is C25H27NO4. The van der Waals surface area contributed by atoms with Gasteiger partial charge in [-0.05, 0) is 74.7 Å². The molecule has 1 aliphatic heterocycles. The molecule has 1 unspecified atom stereocenters. The van der Waals surface area contributed by atoms with Gasteiger partial charge >= 0.3 is 0 Å². The second-order valence-corrected chi connectivity index (χ2v) is 8.53. The molecule has 0 aliphatic carbocycles. The molecule has 5 heteroatoms. The number of furan rings is 1. The van der Waals surface area contributed by atoms with Gasteiger partial charge in [0.15, 0.2) is 5.76 Å². The summed E-state index contributed by atoms with van der Waals surface area (Å²) < 4.78 is 17.3. The van der Waals surface area contributed by atoms with Gasteiger partial charge in [-0.25, -0.2) is 0 Å². The number of hydrogen-bond acceptors (Lipinski definition) is 4. The lowest BCUT2D eigenvalue weighted by Crippen LogP contribution is -2.47. The molecule has 0 bridgehead atoms. The van der Waals surface area contributed by atoms with Crippen molar-refractivity contribution in [1.29, 1.82) is 0 Å². The average Bonchev–Trinajstić information content (AvgIpc) is 3.26. The van der Waals surface area contributed by atoms with Crippen molar-refractivity contribution in [3.8, 4) is 11.5 Å². The largest absolute Gasteiger partial charge is 0.491 e. The van der Waals surface area contributed by atoms with E-state index in [4.69, 9.17) is 13.9 Å². The van der Waals surface area contributed by atoms with Crippen LogP contribution >= 0.6 is 0 Å². The highest BCUT2D eigenvalue weighted by atomic mass is 16.5. The van der Waals surface area contributed by atoms with Crippen LogP contribution in [-0.4, -0.2) is 29.1 Å². The Balaban J connectivity index is 1.48. The zero-order valence-corrected chi connectivity index (χ0v) is 17.6. The number of ether oxygens (including phenoxy) is 2. The Morgan fingerprint density at radius 2 is 1.70 bits per heavy atom. The molecule has 2 aromatic carbocycles. The Kier molecular flexibility index (Phi) is 5.53. The summed E-state index contributed by atoms with van der Waals surface area (Å²) in [6.45, 7) is 7.00. The summed E-state index contributed by atoms with van der Waals surface area (Å²) in [7, 11) is 0. The fourth-order valence-electron chi connectivity index (χ4n) is 3.67. The fourth-order valence-corrected chi connectivity index (χ4v) is 3.67. The Labute approximate surface area is 177 Å². The van der Waals surface area contributed by atoms with Crippen LogP contribution in [0.25, 0.3) is 0 Å². The lowest BCUT2D eigenvalue weighted by Gasteiger charge is -2.36. The second kappa shape index (κ2) is 8.27. The number of hydrogen-bond donors (Lipinski definition) is 0. The Morgan fingerprint density at radius 1 is 1.00 bits per heavy atom. The third-order valence-electron chi connectivity index (χ3n) is 5.04. The van der Waals surface area contributed by atoms with E-state index in [1.54, 1.807) is 12.1 Å². The van der Waals surface area contributed by atoms with Crippen molar-refractivity contribution >= 4 is 5.91 Å². The van der Waals surface area contributed by atoms with E-state index in [2.05, 4.69) is 12.1 Å². The molecule has 4 rings (SSSR count). The first kappa shape index (κ1) is 20.1. The van der Waals surface area contributed by atoms with Crippen LogP contribution in [-0.2, 0) is 13.0 Å². The summed E-state index contributed by atoms with van der Waals surface area (Å²) in [6, 6.07) is 19.2. The maximum absolute atomic E-state index is 13.0. The van der Waals surface area contributed by atoms with Gasteiger partial charge in [-0.3, -0.25) is 4.79 Å². The lowest BCUT2D eigenvalue weighted by atomic mass is 9.94. The van der Waals surface area contributed by atoms with Crippen LogP contribution in [0.5, 0.6) is 11.5 Å². The standard InChI is InChI=1S/C25H27NO4/c1-25(2,3)30-22-12-10-21(11-13-22)29-17-20-15-18-7-4-5-8-19(18)16-26(20)24(27)23-9-6-14-28-23/h4-14,20H,15-17H2,1-3H3. The predicted molar refractivity (Wildman–Crippen MR) is 115 cm³/mol. The molecule has 2 heterocycles. The van der Waals surface area contributed by atoms with E-state index in [1.807, 2.05) is 62.1 Å². The maximum atomic E-state index is 13.0. The van der Waals surface area contributed by atoms with Crippen LogP contribution in [0.1, 0.15) is 42.5 Å². The SMILES string of the molecule is CC(C)(C)Oc1ccc(OCC2Cc3ccccc3CN2C(=O)c2ccco2)cc1. The smallest absolute Gasteiger partial charge is 0.290 e. The average molecular weight is 405 g/mol. The van der Waals surface area contributed by atoms with Gasteiger partial charge in [-0.2, -0.15) is 0 Å². The molecular weight excluding hydrogens is 378 g/mol. The molecule has 0 spiro atoms. The van der Waals surface area contributed by atoms with Crippen LogP contribution in [0.2, 0.25) is 0 Å². The summed E-state index contributed by atoms with van der Waals surface area (Å²) in [6.07, 6.45) is 2.27. The van der Waals surface area contributed by atoms with Gasteiger partial charge < -0.3 is 18.8 Å². The minimum atomic E-state index is -0.245. The molecule has 156 valence electrons. The molecule has 3 aromatic rings. The van der Waals surface area contributed by atoms with Crippen molar-refractivity contribution in [3.05, 3.63) is 83.8 Å². The lowest BCUT2D eigenvalue weighted by molar-refractivity contribution is 0.0534. The summed E-state index contributed by atoms with van der Waals surface area (Å²) in [5.41, 5.74) is 2.17. The number of amides is 1. The van der Waals surface area contributed by atoms with Crippen molar-refractivity contribution in [3.63, 3.8) is 0 Å². The number of carbonyl (C=O) groups excluding carboxylic acids is 1. The molecule has 1 aromatic heterocycles. The van der Waals surface area contributed by atoms with Crippen LogP contribution in [0, 0.1) is 0 Å². The van der Waals surface area contributed by atoms with Crippen molar-refractivity contribution in [2.24, 2.45) is 0 Å². The number of benzene rings is 2. The topological polar surface area (TPSA) is 51.9 Å². The van der Waals surface area contributed by atoms with Gasteiger partial charge in [0.05, 0.1) is 12.3 Å². The minimum Gasteiger partial charge on any atom is -0.491 e. The van der Waals surface area contributed by atoms with Crippen molar-refractivity contribution in [1.82, 2.24) is 4.90 Å². The number of rotatable bonds is 5. The van der Waals surface area contributed by atoms with E-state index in [-0.39, 0.29) is 17.6 Å². The normalized spacial score (nSPS) is 16.1. The second-order valence-electron chi connectivity index (χ2n) is 8.53. The van der Waals surface area contributed by atoms with Gasteiger partial charge in [-0.1, -0.05) is 24.3 Å². The summed E-state index contributed by atoms with van der Waals surface area (Å²) in [5, 5.41) is 0. The minimum absolute atomic E-state index is 0.0806. The molecule has 1 aliphatic rings. The van der Waals surface area contributed by atoms with Crippen LogP contribution in [0.3, 0.4) is 0 Å². The van der Waals surface area contributed by atoms with Crippen molar-refractivity contribution < 1.29 is 18.7 Å². The molecule has 1 amide bonds. The first-order valence-electron chi connectivity index (χ1n) is 10.2. The molecule has 0 saturated carbocycles. The number of carbonyl (C=O) groups is 1. The maximum Gasteiger partial charge on any atom is 0.290 e. The molecule has 30 heavy (non-hydrogen) atoms. The summed E-state index contributed by atoms with van der Waals surface area (Å²) in [4.78, 5) is 14.9. The monoisotopic (exact) mass is 405 g/mol. The molecule has 5 nitrogen and oxygen atoms in total. The summed E-state index contributed by atoms with van der Waals surface area (Å²) in [5.74, 6) is 1.79. The van der Waals surface area contributed by atoms with E-state index >= 15 is 0 Å². The van der Waals surface area contributed by atoms with Gasteiger partial charge in [0.25, 0.3) is 5.91 Å². The van der Waals surface area contributed by atoms with E-state index in [0.717, 1.165) is 23.5 Å². The molecule has 1 atom stereocenters. The zero-order chi connectivity index (χ0) is 21.1. The zero-order valence-electron chi connectivity index (χ0n) is 17.6. The fraction of sp³-hybridized carbons (Fsp3) is 0.320. The van der Waals surface area contributed by atoms with Gasteiger partial charge in [0, 0.05) is 6.54 Å². The van der Waals surface area contributed by atoms with Crippen molar-refractivity contribution in [2.75, 3.05) is 6.61 Å². The Bertz CT molecular complexity index is 987. The third-order valence-corrected chi connectivity index (χ3v) is 5.04. The highest BCUT2D eigenvalue weighted by molar-refractivity contribution is 5.91. The van der Waals surface area contributed by atoms with E-state index in [1.165, 1.54) is 11.8 Å². The summed E-state index contributed by atoms with van der Waals surface area (Å²) >= 11 is 0. The van der Waals surface area contributed by atoms with E-state index in [9.17, 15) is 4.79 Å². The predicted octanol–water partition coefficient (Wildman–Crippen LogP) is 5.10. The van der Waals surface area contributed by atoms with Gasteiger partial charge in [0.1, 0.15) is 23.7 Å². The Hall–Kier alpha value is -3.21. The van der Waals surface area contributed by atoms with Crippen LogP contribution in [0.4, 0.5) is 0 Å². The van der Waals surface area contributed by atoms with Crippen LogP contribution in [0.15, 0.2) is 71.3 Å². The number of fused-ring (bicyclic) bond motifs is 1. The molecule has 0 radical (unpaired) electrons. The highest BCUT2D eigenvalue weighted by Gasteiger charge is 2.32. The van der Waals surface area contributed by atoms with Gasteiger partial charge in [-0.15, -0.1) is 0 Å². The van der Waals surface area contributed by atoms with Crippen LogP contribution < -0.4 is 9.47 Å². The highest BCUT2D eigenvalue weighted by Crippen LogP contribution is 2.27. The first-order chi connectivity index (χ1) is 14.4. The van der Waals surface area contributed by atoms with Gasteiger partial charge in [0.2, 0.25) is 0 Å². The molecule has 0 saturated heterocycles.